The van der Waals surface area contributed by atoms with Gasteiger partial charge in [0.2, 0.25) is 5.91 Å². The summed E-state index contributed by atoms with van der Waals surface area (Å²) in [5.74, 6) is -2.43. The molecule has 4 nitrogen and oxygen atoms in total. The van der Waals surface area contributed by atoms with E-state index in [-0.39, 0.29) is 36.6 Å². The summed E-state index contributed by atoms with van der Waals surface area (Å²) >= 11 is 0. The van der Waals surface area contributed by atoms with Gasteiger partial charge in [-0.05, 0) is 23.8 Å². The van der Waals surface area contributed by atoms with Crippen molar-refractivity contribution in [1.82, 2.24) is 14.5 Å². The first-order valence-electron chi connectivity index (χ1n) is 7.93. The summed E-state index contributed by atoms with van der Waals surface area (Å²) in [5, 5.41) is 0. The van der Waals surface area contributed by atoms with Gasteiger partial charge in [-0.15, -0.1) is 0 Å². The van der Waals surface area contributed by atoms with E-state index in [2.05, 4.69) is 4.98 Å². The summed E-state index contributed by atoms with van der Waals surface area (Å²) in [4.78, 5) is 17.5. The number of pyridine rings is 1. The molecular formula is C18H13F4N3O. The fraction of sp³-hybridized carbons (Fsp3) is 0.222. The SMILES string of the molecule is O=C(Cn1cc(F)c2ncc(-c3cc(F)cc(F)c3)cc21)N1CC(F)C1. The van der Waals surface area contributed by atoms with Gasteiger partial charge < -0.3 is 9.47 Å². The van der Waals surface area contributed by atoms with Crippen LogP contribution in [0, 0.1) is 17.5 Å². The average molecular weight is 363 g/mol. The second-order valence-electron chi connectivity index (χ2n) is 6.25. The van der Waals surface area contributed by atoms with Gasteiger partial charge in [-0.3, -0.25) is 9.78 Å². The summed E-state index contributed by atoms with van der Waals surface area (Å²) < 4.78 is 55.2. The van der Waals surface area contributed by atoms with Gasteiger partial charge in [0.05, 0.1) is 18.6 Å². The summed E-state index contributed by atoms with van der Waals surface area (Å²) in [7, 11) is 0. The van der Waals surface area contributed by atoms with Crippen LogP contribution in [0.2, 0.25) is 0 Å². The predicted molar refractivity (Wildman–Crippen MR) is 86.5 cm³/mol. The molecule has 0 aliphatic carbocycles. The van der Waals surface area contributed by atoms with E-state index in [0.29, 0.717) is 11.1 Å². The van der Waals surface area contributed by atoms with Crippen LogP contribution >= 0.6 is 0 Å². The zero-order chi connectivity index (χ0) is 18.4. The van der Waals surface area contributed by atoms with E-state index in [1.807, 2.05) is 0 Å². The zero-order valence-corrected chi connectivity index (χ0v) is 13.4. The van der Waals surface area contributed by atoms with Crippen molar-refractivity contribution < 1.29 is 22.4 Å². The second kappa shape index (κ2) is 6.12. The van der Waals surface area contributed by atoms with Crippen molar-refractivity contribution in [2.75, 3.05) is 13.1 Å². The van der Waals surface area contributed by atoms with Crippen LogP contribution in [0.5, 0.6) is 0 Å². The van der Waals surface area contributed by atoms with Crippen molar-refractivity contribution >= 4 is 16.9 Å². The molecule has 1 fully saturated rings. The Labute approximate surface area is 145 Å². The quantitative estimate of drug-likeness (QED) is 0.670. The number of carbonyl (C=O) groups excluding carboxylic acids is 1. The Kier molecular flexibility index (Phi) is 3.90. The van der Waals surface area contributed by atoms with Crippen molar-refractivity contribution in [2.45, 2.75) is 12.7 Å². The highest BCUT2D eigenvalue weighted by Crippen LogP contribution is 2.27. The number of hydrogen-bond donors (Lipinski definition) is 0. The molecule has 1 aliphatic rings. The lowest BCUT2D eigenvalue weighted by molar-refractivity contribution is -0.138. The van der Waals surface area contributed by atoms with Gasteiger partial charge in [0.15, 0.2) is 5.82 Å². The van der Waals surface area contributed by atoms with Crippen LogP contribution < -0.4 is 0 Å². The first-order chi connectivity index (χ1) is 12.4. The van der Waals surface area contributed by atoms with E-state index in [0.717, 1.165) is 24.4 Å². The van der Waals surface area contributed by atoms with Crippen molar-refractivity contribution in [2.24, 2.45) is 0 Å². The third-order valence-electron chi connectivity index (χ3n) is 4.36. The number of nitrogens with zero attached hydrogens (tertiary/aromatic N) is 3. The molecule has 0 unspecified atom stereocenters. The first-order valence-corrected chi connectivity index (χ1v) is 7.93. The van der Waals surface area contributed by atoms with Gasteiger partial charge in [0, 0.05) is 24.0 Å². The Morgan fingerprint density at radius 1 is 1.08 bits per heavy atom. The number of likely N-dealkylation sites (tertiary alicyclic amines) is 1. The highest BCUT2D eigenvalue weighted by Gasteiger charge is 2.30. The van der Waals surface area contributed by atoms with E-state index in [1.54, 1.807) is 0 Å². The van der Waals surface area contributed by atoms with Crippen LogP contribution in [-0.4, -0.2) is 39.6 Å². The van der Waals surface area contributed by atoms with Gasteiger partial charge in [-0.1, -0.05) is 0 Å². The third-order valence-corrected chi connectivity index (χ3v) is 4.36. The largest absolute Gasteiger partial charge is 0.335 e. The highest BCUT2D eigenvalue weighted by atomic mass is 19.1. The number of carbonyl (C=O) groups is 1. The molecule has 0 saturated carbocycles. The number of halogens is 4. The average Bonchev–Trinajstić information content (AvgIpc) is 2.86. The fourth-order valence-electron chi connectivity index (χ4n) is 3.01. The lowest BCUT2D eigenvalue weighted by atomic mass is 10.1. The topological polar surface area (TPSA) is 38.1 Å². The van der Waals surface area contributed by atoms with Crippen LogP contribution in [0.4, 0.5) is 17.6 Å². The van der Waals surface area contributed by atoms with Crippen molar-refractivity contribution in [3.05, 3.63) is 54.1 Å². The lowest BCUT2D eigenvalue weighted by Crippen LogP contribution is -2.52. The minimum Gasteiger partial charge on any atom is -0.335 e. The fourth-order valence-corrected chi connectivity index (χ4v) is 3.01. The number of amides is 1. The highest BCUT2D eigenvalue weighted by molar-refractivity contribution is 5.84. The summed E-state index contributed by atoms with van der Waals surface area (Å²) in [6, 6.07) is 4.55. The van der Waals surface area contributed by atoms with E-state index in [9.17, 15) is 22.4 Å². The van der Waals surface area contributed by atoms with Crippen LogP contribution in [-0.2, 0) is 11.3 Å². The Balaban J connectivity index is 1.71. The molecule has 4 rings (SSSR count). The molecule has 1 amide bonds. The molecule has 8 heteroatoms. The second-order valence-corrected chi connectivity index (χ2v) is 6.25. The number of benzene rings is 1. The number of rotatable bonds is 3. The zero-order valence-electron chi connectivity index (χ0n) is 13.4. The summed E-state index contributed by atoms with van der Waals surface area (Å²) in [6.07, 6.45) is 1.43. The molecule has 3 aromatic rings. The molecule has 134 valence electrons. The van der Waals surface area contributed by atoms with Crippen LogP contribution in [0.25, 0.3) is 22.2 Å². The number of fused-ring (bicyclic) bond motifs is 1. The molecular weight excluding hydrogens is 350 g/mol. The molecule has 0 atom stereocenters. The molecule has 1 aromatic carbocycles. The van der Waals surface area contributed by atoms with Gasteiger partial charge >= 0.3 is 0 Å². The predicted octanol–water partition coefficient (Wildman–Crippen LogP) is 3.30. The van der Waals surface area contributed by atoms with E-state index >= 15 is 0 Å². The molecule has 0 N–H and O–H groups in total. The lowest BCUT2D eigenvalue weighted by Gasteiger charge is -2.34. The van der Waals surface area contributed by atoms with E-state index in [1.165, 1.54) is 21.7 Å². The molecule has 0 bridgehead atoms. The number of alkyl halides is 1. The maximum Gasteiger partial charge on any atom is 0.242 e. The van der Waals surface area contributed by atoms with Crippen LogP contribution in [0.3, 0.4) is 0 Å². The monoisotopic (exact) mass is 363 g/mol. The molecule has 3 heterocycles. The molecule has 0 radical (unpaired) electrons. The number of hydrogen-bond acceptors (Lipinski definition) is 2. The van der Waals surface area contributed by atoms with Gasteiger partial charge in [0.1, 0.15) is 29.9 Å². The minimum atomic E-state index is -1.02. The summed E-state index contributed by atoms with van der Waals surface area (Å²) in [6.45, 7) is -0.102. The van der Waals surface area contributed by atoms with Crippen LogP contribution in [0.1, 0.15) is 0 Å². The molecule has 1 aliphatic heterocycles. The standard InChI is InChI=1S/C18H13F4N3O/c19-12-1-10(2-13(20)4-12)11-3-16-18(23-5-11)15(22)8-24(16)9-17(26)25-6-14(21)7-25/h1-5,8,14H,6-7,9H2. The smallest absolute Gasteiger partial charge is 0.242 e. The Hall–Kier alpha value is -2.90. The first kappa shape index (κ1) is 16.6. The molecule has 1 saturated heterocycles. The van der Waals surface area contributed by atoms with Crippen molar-refractivity contribution in [1.29, 1.82) is 0 Å². The molecule has 2 aromatic heterocycles. The maximum absolute atomic E-state index is 14.1. The third kappa shape index (κ3) is 2.91. The van der Waals surface area contributed by atoms with Crippen LogP contribution in [0.15, 0.2) is 36.7 Å². The summed E-state index contributed by atoms with van der Waals surface area (Å²) in [5.41, 5.74) is 0.996. The van der Waals surface area contributed by atoms with Crippen molar-refractivity contribution in [3.63, 3.8) is 0 Å². The van der Waals surface area contributed by atoms with E-state index < -0.39 is 23.6 Å². The van der Waals surface area contributed by atoms with E-state index in [4.69, 9.17) is 0 Å². The molecule has 26 heavy (non-hydrogen) atoms. The van der Waals surface area contributed by atoms with Gasteiger partial charge in [-0.2, -0.15) is 0 Å². The minimum absolute atomic E-state index is 0.0343. The number of aromatic nitrogens is 2. The Morgan fingerprint density at radius 2 is 1.77 bits per heavy atom. The van der Waals surface area contributed by atoms with Crippen molar-refractivity contribution in [3.8, 4) is 11.1 Å². The molecule has 0 spiro atoms. The Bertz CT molecular complexity index is 991. The normalized spacial score (nSPS) is 14.7. The maximum atomic E-state index is 14.1. The van der Waals surface area contributed by atoms with Gasteiger partial charge in [-0.25, -0.2) is 17.6 Å². The van der Waals surface area contributed by atoms with Gasteiger partial charge in [0.25, 0.3) is 0 Å². The Morgan fingerprint density at radius 3 is 2.42 bits per heavy atom.